The smallest absolute Gasteiger partial charge is 0.255 e. The SMILES string of the molecule is C[C@H](c1cccc(NC(=O)c2ccccc2)c1)N(C)Cc1nnsc1Cl. The van der Waals surface area contributed by atoms with Crippen LogP contribution in [0, 0.1) is 0 Å². The van der Waals surface area contributed by atoms with Gasteiger partial charge in [0.15, 0.2) is 0 Å². The largest absolute Gasteiger partial charge is 0.322 e. The van der Waals surface area contributed by atoms with Gasteiger partial charge in [0, 0.05) is 35.4 Å². The molecule has 0 aliphatic heterocycles. The van der Waals surface area contributed by atoms with Crippen LogP contribution in [0.1, 0.15) is 34.6 Å². The molecule has 26 heavy (non-hydrogen) atoms. The third-order valence-electron chi connectivity index (χ3n) is 4.23. The summed E-state index contributed by atoms with van der Waals surface area (Å²) in [7, 11) is 2.01. The van der Waals surface area contributed by atoms with Gasteiger partial charge in [-0.2, -0.15) is 0 Å². The van der Waals surface area contributed by atoms with Crippen LogP contribution in [0.25, 0.3) is 0 Å². The summed E-state index contributed by atoms with van der Waals surface area (Å²) in [5, 5.41) is 7.01. The Bertz CT molecular complexity index is 884. The minimum absolute atomic E-state index is 0.121. The maximum absolute atomic E-state index is 12.3. The van der Waals surface area contributed by atoms with Crippen LogP contribution in [0.4, 0.5) is 5.69 Å². The number of hydrogen-bond donors (Lipinski definition) is 1. The highest BCUT2D eigenvalue weighted by Crippen LogP contribution is 2.26. The van der Waals surface area contributed by atoms with Crippen molar-refractivity contribution in [2.24, 2.45) is 0 Å². The summed E-state index contributed by atoms with van der Waals surface area (Å²) in [5.41, 5.74) is 3.27. The van der Waals surface area contributed by atoms with E-state index in [1.807, 2.05) is 49.5 Å². The number of rotatable bonds is 6. The van der Waals surface area contributed by atoms with E-state index in [0.29, 0.717) is 16.4 Å². The lowest BCUT2D eigenvalue weighted by molar-refractivity contribution is 0.102. The van der Waals surface area contributed by atoms with Gasteiger partial charge < -0.3 is 5.32 Å². The molecule has 1 amide bonds. The molecule has 1 atom stereocenters. The van der Waals surface area contributed by atoms with Crippen molar-refractivity contribution in [3.05, 3.63) is 75.8 Å². The normalized spacial score (nSPS) is 12.2. The first-order valence-electron chi connectivity index (χ1n) is 8.18. The number of nitrogens with zero attached hydrogens (tertiary/aromatic N) is 3. The molecule has 0 fully saturated rings. The standard InChI is InChI=1S/C19H19ClN4OS/c1-13(24(2)12-17-18(20)26-23-22-17)15-9-6-10-16(11-15)21-19(25)14-7-4-3-5-8-14/h3-11,13H,12H2,1-2H3,(H,21,25)/t13-/m1/s1. The lowest BCUT2D eigenvalue weighted by Gasteiger charge is -2.24. The van der Waals surface area contributed by atoms with Crippen molar-refractivity contribution in [2.45, 2.75) is 19.5 Å². The molecule has 0 unspecified atom stereocenters. The van der Waals surface area contributed by atoms with E-state index in [1.165, 1.54) is 11.5 Å². The van der Waals surface area contributed by atoms with Crippen molar-refractivity contribution in [1.29, 1.82) is 0 Å². The Balaban J connectivity index is 1.70. The van der Waals surface area contributed by atoms with E-state index in [2.05, 4.69) is 26.7 Å². The summed E-state index contributed by atoms with van der Waals surface area (Å²) in [6.45, 7) is 2.71. The molecule has 2 aromatic carbocycles. The van der Waals surface area contributed by atoms with Gasteiger partial charge in [0.05, 0.1) is 0 Å². The first-order chi connectivity index (χ1) is 12.5. The maximum atomic E-state index is 12.3. The van der Waals surface area contributed by atoms with Crippen molar-refractivity contribution < 1.29 is 4.79 Å². The van der Waals surface area contributed by atoms with E-state index >= 15 is 0 Å². The number of nitrogens with one attached hydrogen (secondary N) is 1. The van der Waals surface area contributed by atoms with E-state index in [-0.39, 0.29) is 11.9 Å². The van der Waals surface area contributed by atoms with Crippen molar-refractivity contribution in [3.63, 3.8) is 0 Å². The Morgan fingerprint density at radius 2 is 2.00 bits per heavy atom. The van der Waals surface area contributed by atoms with Crippen molar-refractivity contribution >= 4 is 34.7 Å². The van der Waals surface area contributed by atoms with Crippen LogP contribution in [0.5, 0.6) is 0 Å². The number of benzene rings is 2. The molecular weight excluding hydrogens is 368 g/mol. The zero-order valence-electron chi connectivity index (χ0n) is 14.5. The van der Waals surface area contributed by atoms with Gasteiger partial charge in [0.1, 0.15) is 10.0 Å². The lowest BCUT2D eigenvalue weighted by atomic mass is 10.1. The molecule has 0 saturated carbocycles. The molecular formula is C19H19ClN4OS. The molecule has 0 aliphatic rings. The zero-order valence-corrected chi connectivity index (χ0v) is 16.1. The molecule has 134 valence electrons. The molecule has 5 nitrogen and oxygen atoms in total. The van der Waals surface area contributed by atoms with Crippen LogP contribution in [0.3, 0.4) is 0 Å². The van der Waals surface area contributed by atoms with Crippen molar-refractivity contribution in [2.75, 3.05) is 12.4 Å². The third-order valence-corrected chi connectivity index (χ3v) is 5.22. The highest BCUT2D eigenvalue weighted by atomic mass is 35.5. The van der Waals surface area contributed by atoms with Crippen molar-refractivity contribution in [1.82, 2.24) is 14.5 Å². The average molecular weight is 387 g/mol. The van der Waals surface area contributed by atoms with Crippen molar-refractivity contribution in [3.8, 4) is 0 Å². The summed E-state index contributed by atoms with van der Waals surface area (Å²) in [5.74, 6) is -0.121. The summed E-state index contributed by atoms with van der Waals surface area (Å²) >= 11 is 7.29. The number of anilines is 1. The molecule has 3 aromatic rings. The van der Waals surface area contributed by atoms with E-state index < -0.39 is 0 Å². The second-order valence-electron chi connectivity index (χ2n) is 6.03. The van der Waals surface area contributed by atoms with Crippen LogP contribution in [0.15, 0.2) is 54.6 Å². The fourth-order valence-electron chi connectivity index (χ4n) is 2.59. The summed E-state index contributed by atoms with van der Waals surface area (Å²) in [6.07, 6.45) is 0. The fraction of sp³-hybridized carbons (Fsp3) is 0.211. The molecule has 0 radical (unpaired) electrons. The van der Waals surface area contributed by atoms with Gasteiger partial charge in [-0.05, 0) is 43.8 Å². The Morgan fingerprint density at radius 3 is 2.69 bits per heavy atom. The Labute approximate surface area is 161 Å². The summed E-state index contributed by atoms with van der Waals surface area (Å²) in [6, 6.07) is 17.2. The molecule has 3 rings (SSSR count). The van der Waals surface area contributed by atoms with Gasteiger partial charge in [0.25, 0.3) is 5.91 Å². The second-order valence-corrected chi connectivity index (χ2v) is 7.39. The predicted octanol–water partition coefficient (Wildman–Crippen LogP) is 4.64. The van der Waals surface area contributed by atoms with Gasteiger partial charge in [-0.3, -0.25) is 9.69 Å². The highest BCUT2D eigenvalue weighted by Gasteiger charge is 2.16. The number of amides is 1. The lowest BCUT2D eigenvalue weighted by Crippen LogP contribution is -2.22. The maximum Gasteiger partial charge on any atom is 0.255 e. The van der Waals surface area contributed by atoms with Crippen LogP contribution < -0.4 is 5.32 Å². The third kappa shape index (κ3) is 4.46. The molecule has 1 heterocycles. The molecule has 1 aromatic heterocycles. The van der Waals surface area contributed by atoms with Gasteiger partial charge in [-0.15, -0.1) is 5.10 Å². The fourth-order valence-corrected chi connectivity index (χ4v) is 3.20. The van der Waals surface area contributed by atoms with Crippen LogP contribution in [0.2, 0.25) is 4.34 Å². The number of carbonyl (C=O) groups is 1. The van der Waals surface area contributed by atoms with Gasteiger partial charge in [0.2, 0.25) is 0 Å². The van der Waals surface area contributed by atoms with E-state index in [4.69, 9.17) is 11.6 Å². The van der Waals surface area contributed by atoms with E-state index in [9.17, 15) is 4.79 Å². The van der Waals surface area contributed by atoms with E-state index in [0.717, 1.165) is 16.9 Å². The van der Waals surface area contributed by atoms with Crippen LogP contribution >= 0.6 is 23.1 Å². The second kappa shape index (κ2) is 8.40. The predicted molar refractivity (Wildman–Crippen MR) is 106 cm³/mol. The number of aromatic nitrogens is 2. The molecule has 0 saturated heterocycles. The minimum atomic E-state index is -0.121. The van der Waals surface area contributed by atoms with Gasteiger partial charge >= 0.3 is 0 Å². The monoisotopic (exact) mass is 386 g/mol. The van der Waals surface area contributed by atoms with Gasteiger partial charge in [-0.1, -0.05) is 46.4 Å². The Morgan fingerprint density at radius 1 is 1.23 bits per heavy atom. The zero-order chi connectivity index (χ0) is 18.5. The molecule has 0 bridgehead atoms. The molecule has 1 N–H and O–H groups in total. The molecule has 7 heteroatoms. The minimum Gasteiger partial charge on any atom is -0.322 e. The number of halogens is 1. The quantitative estimate of drug-likeness (QED) is 0.670. The van der Waals surface area contributed by atoms with Crippen LogP contribution in [-0.4, -0.2) is 27.4 Å². The summed E-state index contributed by atoms with van der Waals surface area (Å²) < 4.78 is 4.49. The Kier molecular flexibility index (Phi) is 5.98. The Hall–Kier alpha value is -2.28. The highest BCUT2D eigenvalue weighted by molar-refractivity contribution is 7.10. The molecule has 0 aliphatic carbocycles. The summed E-state index contributed by atoms with van der Waals surface area (Å²) in [4.78, 5) is 14.5. The molecule has 0 spiro atoms. The number of carbonyl (C=O) groups excluding carboxylic acids is 1. The first-order valence-corrected chi connectivity index (χ1v) is 9.33. The van der Waals surface area contributed by atoms with E-state index in [1.54, 1.807) is 12.1 Å². The first kappa shape index (κ1) is 18.5. The average Bonchev–Trinajstić information content (AvgIpc) is 3.06. The topological polar surface area (TPSA) is 58.1 Å². The van der Waals surface area contributed by atoms with Crippen LogP contribution in [-0.2, 0) is 6.54 Å². The number of hydrogen-bond acceptors (Lipinski definition) is 5. The van der Waals surface area contributed by atoms with Gasteiger partial charge in [-0.25, -0.2) is 0 Å².